The number of carbonyl (C=O) groups excluding carboxylic acids is 1. The molecule has 24 heavy (non-hydrogen) atoms. The van der Waals surface area contributed by atoms with Crippen molar-refractivity contribution in [2.45, 2.75) is 20.4 Å². The van der Waals surface area contributed by atoms with E-state index in [9.17, 15) is 4.79 Å². The zero-order valence-electron chi connectivity index (χ0n) is 14.2. The van der Waals surface area contributed by atoms with E-state index in [4.69, 9.17) is 0 Å². The molecule has 2 heterocycles. The molecule has 126 valence electrons. The Balaban J connectivity index is 1.62. The second kappa shape index (κ2) is 7.29. The van der Waals surface area contributed by atoms with Crippen molar-refractivity contribution in [3.05, 3.63) is 47.7 Å². The van der Waals surface area contributed by atoms with E-state index in [1.54, 1.807) is 13.1 Å². The molecule has 1 aliphatic heterocycles. The van der Waals surface area contributed by atoms with E-state index in [2.05, 4.69) is 39.2 Å². The van der Waals surface area contributed by atoms with E-state index in [1.165, 1.54) is 11.1 Å². The third-order valence-electron chi connectivity index (χ3n) is 4.37. The SMILES string of the molecule is CC(=O)N1CCN(c2nccc(NCc3ccccc3C)n2)CC1. The molecule has 0 atom stereocenters. The van der Waals surface area contributed by atoms with Crippen molar-refractivity contribution in [2.75, 3.05) is 36.4 Å². The van der Waals surface area contributed by atoms with Gasteiger partial charge in [0.25, 0.3) is 0 Å². The Kier molecular flexibility index (Phi) is 4.93. The van der Waals surface area contributed by atoms with Crippen LogP contribution in [-0.2, 0) is 11.3 Å². The maximum absolute atomic E-state index is 11.4. The van der Waals surface area contributed by atoms with Crippen molar-refractivity contribution in [1.82, 2.24) is 14.9 Å². The molecule has 0 spiro atoms. The highest BCUT2D eigenvalue weighted by Crippen LogP contribution is 2.15. The van der Waals surface area contributed by atoms with Crippen molar-refractivity contribution < 1.29 is 4.79 Å². The minimum absolute atomic E-state index is 0.129. The van der Waals surface area contributed by atoms with Gasteiger partial charge in [0.1, 0.15) is 5.82 Å². The van der Waals surface area contributed by atoms with Gasteiger partial charge >= 0.3 is 0 Å². The van der Waals surface area contributed by atoms with Gasteiger partial charge in [-0.15, -0.1) is 0 Å². The number of nitrogens with zero attached hydrogens (tertiary/aromatic N) is 4. The van der Waals surface area contributed by atoms with E-state index in [1.807, 2.05) is 23.1 Å². The molecule has 1 aromatic heterocycles. The second-order valence-corrected chi connectivity index (χ2v) is 6.02. The molecule has 1 fully saturated rings. The van der Waals surface area contributed by atoms with Gasteiger partial charge < -0.3 is 15.1 Å². The first-order chi connectivity index (χ1) is 11.6. The van der Waals surface area contributed by atoms with Crippen LogP contribution in [0, 0.1) is 6.92 Å². The number of benzene rings is 1. The van der Waals surface area contributed by atoms with Gasteiger partial charge in [-0.2, -0.15) is 4.98 Å². The Morgan fingerprint density at radius 3 is 2.62 bits per heavy atom. The summed E-state index contributed by atoms with van der Waals surface area (Å²) in [5, 5.41) is 3.37. The molecular weight excluding hydrogens is 302 g/mol. The topological polar surface area (TPSA) is 61.4 Å². The summed E-state index contributed by atoms with van der Waals surface area (Å²) in [5.74, 6) is 1.66. The third kappa shape index (κ3) is 3.82. The molecule has 0 aliphatic carbocycles. The molecule has 1 aromatic carbocycles. The normalized spacial score (nSPS) is 14.6. The lowest BCUT2D eigenvalue weighted by atomic mass is 10.1. The Labute approximate surface area is 142 Å². The fraction of sp³-hybridized carbons (Fsp3) is 0.389. The molecule has 0 saturated carbocycles. The monoisotopic (exact) mass is 325 g/mol. The van der Waals surface area contributed by atoms with Crippen molar-refractivity contribution in [3.63, 3.8) is 0 Å². The molecule has 6 heteroatoms. The fourth-order valence-corrected chi connectivity index (χ4v) is 2.81. The van der Waals surface area contributed by atoms with Crippen LogP contribution < -0.4 is 10.2 Å². The highest BCUT2D eigenvalue weighted by atomic mass is 16.2. The lowest BCUT2D eigenvalue weighted by Gasteiger charge is -2.34. The number of hydrogen-bond acceptors (Lipinski definition) is 5. The molecule has 1 aliphatic rings. The summed E-state index contributed by atoms with van der Waals surface area (Å²) >= 11 is 0. The molecule has 0 unspecified atom stereocenters. The van der Waals surface area contributed by atoms with Crippen LogP contribution >= 0.6 is 0 Å². The van der Waals surface area contributed by atoms with E-state index in [-0.39, 0.29) is 5.91 Å². The van der Waals surface area contributed by atoms with E-state index in [0.717, 1.165) is 38.5 Å². The number of carbonyl (C=O) groups is 1. The largest absolute Gasteiger partial charge is 0.366 e. The molecule has 0 radical (unpaired) electrons. The zero-order chi connectivity index (χ0) is 16.9. The van der Waals surface area contributed by atoms with E-state index < -0.39 is 0 Å². The quantitative estimate of drug-likeness (QED) is 0.932. The molecule has 1 N–H and O–H groups in total. The van der Waals surface area contributed by atoms with Gasteiger partial charge in [0.15, 0.2) is 0 Å². The minimum Gasteiger partial charge on any atom is -0.366 e. The first kappa shape index (κ1) is 16.2. The van der Waals surface area contributed by atoms with Crippen LogP contribution in [0.15, 0.2) is 36.5 Å². The average molecular weight is 325 g/mol. The predicted molar refractivity (Wildman–Crippen MR) is 95.0 cm³/mol. The Bertz CT molecular complexity index is 710. The average Bonchev–Trinajstić information content (AvgIpc) is 2.61. The minimum atomic E-state index is 0.129. The van der Waals surface area contributed by atoms with Crippen LogP contribution in [0.3, 0.4) is 0 Å². The number of nitrogens with one attached hydrogen (secondary N) is 1. The Hall–Kier alpha value is -2.63. The van der Waals surface area contributed by atoms with Crippen LogP contribution in [-0.4, -0.2) is 47.0 Å². The summed E-state index contributed by atoms with van der Waals surface area (Å²) in [6.45, 7) is 7.43. The van der Waals surface area contributed by atoms with Gasteiger partial charge in [-0.1, -0.05) is 24.3 Å². The number of amides is 1. The van der Waals surface area contributed by atoms with Crippen molar-refractivity contribution in [2.24, 2.45) is 0 Å². The number of hydrogen-bond donors (Lipinski definition) is 1. The molecule has 2 aromatic rings. The number of aromatic nitrogens is 2. The zero-order valence-corrected chi connectivity index (χ0v) is 14.2. The maximum Gasteiger partial charge on any atom is 0.227 e. The van der Waals surface area contributed by atoms with Crippen LogP contribution in [0.2, 0.25) is 0 Å². The lowest BCUT2D eigenvalue weighted by molar-refractivity contribution is -0.129. The molecule has 1 amide bonds. The van der Waals surface area contributed by atoms with Gasteiger partial charge in [0.2, 0.25) is 11.9 Å². The summed E-state index contributed by atoms with van der Waals surface area (Å²) in [5.41, 5.74) is 2.52. The third-order valence-corrected chi connectivity index (χ3v) is 4.37. The number of anilines is 2. The number of aryl methyl sites for hydroxylation is 1. The molecular formula is C18H23N5O. The predicted octanol–water partition coefficient (Wildman–Crippen LogP) is 2.07. The smallest absolute Gasteiger partial charge is 0.227 e. The van der Waals surface area contributed by atoms with Crippen molar-refractivity contribution in [3.8, 4) is 0 Å². The summed E-state index contributed by atoms with van der Waals surface area (Å²) in [6, 6.07) is 10.2. The molecule has 3 rings (SSSR count). The van der Waals surface area contributed by atoms with E-state index in [0.29, 0.717) is 5.95 Å². The van der Waals surface area contributed by atoms with Gasteiger partial charge in [-0.25, -0.2) is 4.98 Å². The first-order valence-electron chi connectivity index (χ1n) is 8.25. The summed E-state index contributed by atoms with van der Waals surface area (Å²) < 4.78 is 0. The molecule has 1 saturated heterocycles. The summed E-state index contributed by atoms with van der Waals surface area (Å²) in [4.78, 5) is 24.4. The standard InChI is InChI=1S/C18H23N5O/c1-14-5-3-4-6-16(14)13-20-17-7-8-19-18(21-17)23-11-9-22(10-12-23)15(2)24/h3-8H,9-13H2,1-2H3,(H,19,20,21). The number of rotatable bonds is 4. The van der Waals surface area contributed by atoms with Crippen molar-refractivity contribution >= 4 is 17.7 Å². The number of piperazine rings is 1. The van der Waals surface area contributed by atoms with Gasteiger partial charge in [0.05, 0.1) is 0 Å². The Morgan fingerprint density at radius 2 is 1.92 bits per heavy atom. The van der Waals surface area contributed by atoms with Crippen LogP contribution in [0.5, 0.6) is 0 Å². The van der Waals surface area contributed by atoms with Gasteiger partial charge in [0, 0.05) is 45.8 Å². The van der Waals surface area contributed by atoms with Crippen molar-refractivity contribution in [1.29, 1.82) is 0 Å². The van der Waals surface area contributed by atoms with E-state index >= 15 is 0 Å². The van der Waals surface area contributed by atoms with Gasteiger partial charge in [-0.05, 0) is 24.1 Å². The summed E-state index contributed by atoms with van der Waals surface area (Å²) in [7, 11) is 0. The fourth-order valence-electron chi connectivity index (χ4n) is 2.81. The van der Waals surface area contributed by atoms with Crippen LogP contribution in [0.25, 0.3) is 0 Å². The Morgan fingerprint density at radius 1 is 1.17 bits per heavy atom. The highest BCUT2D eigenvalue weighted by Gasteiger charge is 2.20. The van der Waals surface area contributed by atoms with Crippen LogP contribution in [0.4, 0.5) is 11.8 Å². The lowest BCUT2D eigenvalue weighted by Crippen LogP contribution is -2.48. The highest BCUT2D eigenvalue weighted by molar-refractivity contribution is 5.73. The maximum atomic E-state index is 11.4. The molecule has 6 nitrogen and oxygen atoms in total. The van der Waals surface area contributed by atoms with Crippen LogP contribution in [0.1, 0.15) is 18.1 Å². The summed E-state index contributed by atoms with van der Waals surface area (Å²) in [6.07, 6.45) is 1.78. The second-order valence-electron chi connectivity index (χ2n) is 6.02. The first-order valence-corrected chi connectivity index (χ1v) is 8.25. The van der Waals surface area contributed by atoms with Gasteiger partial charge in [-0.3, -0.25) is 4.79 Å². The molecule has 0 bridgehead atoms.